The number of piperidine rings is 1. The van der Waals surface area contributed by atoms with Crippen LogP contribution in [-0.2, 0) is 6.54 Å². The second-order valence-corrected chi connectivity index (χ2v) is 7.49. The molecule has 1 aromatic carbocycles. The first kappa shape index (κ1) is 17.0. The maximum Gasteiger partial charge on any atom is 0.256 e. The molecule has 136 valence electrons. The Morgan fingerprint density at radius 2 is 1.92 bits per heavy atom. The maximum absolute atomic E-state index is 13.3. The molecule has 1 aromatic heterocycles. The molecule has 0 aliphatic carbocycles. The Labute approximate surface area is 154 Å². The molecule has 5 nitrogen and oxygen atoms in total. The van der Waals surface area contributed by atoms with Crippen LogP contribution in [0.2, 0.25) is 0 Å². The van der Waals surface area contributed by atoms with Gasteiger partial charge in [-0.05, 0) is 32.2 Å². The highest BCUT2D eigenvalue weighted by molar-refractivity contribution is 5.95. The fraction of sp³-hybridized carbons (Fsp3) is 0.429. The quantitative estimate of drug-likeness (QED) is 0.793. The topological polar surface area (TPSA) is 45.7 Å². The van der Waals surface area contributed by atoms with Crippen molar-refractivity contribution in [2.75, 3.05) is 26.7 Å². The number of para-hydroxylation sites is 1. The maximum atomic E-state index is 13.3. The molecule has 4 rings (SSSR count). The van der Waals surface area contributed by atoms with Gasteiger partial charge in [0.15, 0.2) is 0 Å². The number of carbonyl (C=O) groups is 1. The lowest BCUT2D eigenvalue weighted by Gasteiger charge is -2.41. The summed E-state index contributed by atoms with van der Waals surface area (Å²) in [6.45, 7) is 5.04. The molecule has 2 aliphatic heterocycles. The number of carbonyl (C=O) groups excluding carboxylic acids is 1. The van der Waals surface area contributed by atoms with Gasteiger partial charge >= 0.3 is 0 Å². The summed E-state index contributed by atoms with van der Waals surface area (Å²) in [6.07, 6.45) is 3.58. The third kappa shape index (κ3) is 3.19. The van der Waals surface area contributed by atoms with Crippen molar-refractivity contribution < 1.29 is 9.53 Å². The summed E-state index contributed by atoms with van der Waals surface area (Å²) in [5.41, 5.74) is 2.20. The number of ether oxygens (including phenoxy) is 1. The molecule has 2 aliphatic rings. The van der Waals surface area contributed by atoms with E-state index in [1.54, 1.807) is 6.20 Å². The van der Waals surface area contributed by atoms with Crippen molar-refractivity contribution in [2.45, 2.75) is 31.9 Å². The molecular weight excluding hydrogens is 326 g/mol. The lowest BCUT2D eigenvalue weighted by atomic mass is 9.90. The summed E-state index contributed by atoms with van der Waals surface area (Å²) >= 11 is 0. The Kier molecular flexibility index (Phi) is 4.41. The predicted molar refractivity (Wildman–Crippen MR) is 100 cm³/mol. The van der Waals surface area contributed by atoms with Crippen LogP contribution < -0.4 is 4.74 Å². The molecule has 1 fully saturated rings. The van der Waals surface area contributed by atoms with Gasteiger partial charge in [-0.2, -0.15) is 0 Å². The summed E-state index contributed by atoms with van der Waals surface area (Å²) in [6, 6.07) is 11.8. The van der Waals surface area contributed by atoms with Gasteiger partial charge in [0.2, 0.25) is 0 Å². The SMILES string of the molecule is Cc1ncccc1C(=O)N1Cc2ccccc2OC2(CCN(C)CC2)C1. The molecule has 0 saturated carbocycles. The minimum atomic E-state index is -0.315. The molecule has 1 spiro atoms. The number of hydrogen-bond acceptors (Lipinski definition) is 4. The van der Waals surface area contributed by atoms with Crippen molar-refractivity contribution in [1.82, 2.24) is 14.8 Å². The minimum absolute atomic E-state index is 0.0363. The molecule has 26 heavy (non-hydrogen) atoms. The van der Waals surface area contributed by atoms with Gasteiger partial charge in [0.1, 0.15) is 11.4 Å². The summed E-state index contributed by atoms with van der Waals surface area (Å²) < 4.78 is 6.54. The van der Waals surface area contributed by atoms with E-state index in [4.69, 9.17) is 4.74 Å². The number of fused-ring (bicyclic) bond motifs is 1. The van der Waals surface area contributed by atoms with Crippen LogP contribution in [0.4, 0.5) is 0 Å². The highest BCUT2D eigenvalue weighted by Gasteiger charge is 2.41. The van der Waals surface area contributed by atoms with Crippen molar-refractivity contribution in [1.29, 1.82) is 0 Å². The number of likely N-dealkylation sites (tertiary alicyclic amines) is 1. The van der Waals surface area contributed by atoms with Crippen LogP contribution in [0, 0.1) is 6.92 Å². The van der Waals surface area contributed by atoms with Crippen molar-refractivity contribution >= 4 is 5.91 Å². The van der Waals surface area contributed by atoms with Crippen LogP contribution in [0.3, 0.4) is 0 Å². The van der Waals surface area contributed by atoms with Crippen LogP contribution in [-0.4, -0.2) is 53.0 Å². The van der Waals surface area contributed by atoms with Gasteiger partial charge in [-0.25, -0.2) is 0 Å². The van der Waals surface area contributed by atoms with Crippen LogP contribution in [0.5, 0.6) is 5.75 Å². The van der Waals surface area contributed by atoms with E-state index in [2.05, 4.69) is 23.0 Å². The highest BCUT2D eigenvalue weighted by Crippen LogP contribution is 2.35. The lowest BCUT2D eigenvalue weighted by Crippen LogP contribution is -2.53. The molecule has 0 N–H and O–H groups in total. The fourth-order valence-corrected chi connectivity index (χ4v) is 3.92. The van der Waals surface area contributed by atoms with Crippen molar-refractivity contribution in [3.63, 3.8) is 0 Å². The molecule has 0 unspecified atom stereocenters. The number of rotatable bonds is 1. The van der Waals surface area contributed by atoms with Gasteiger partial charge < -0.3 is 14.5 Å². The van der Waals surface area contributed by atoms with E-state index in [0.29, 0.717) is 18.7 Å². The second-order valence-electron chi connectivity index (χ2n) is 7.49. The smallest absolute Gasteiger partial charge is 0.256 e. The number of pyridine rings is 1. The average Bonchev–Trinajstić information content (AvgIpc) is 2.81. The number of hydrogen-bond donors (Lipinski definition) is 0. The van der Waals surface area contributed by atoms with E-state index in [9.17, 15) is 4.79 Å². The first-order valence-corrected chi connectivity index (χ1v) is 9.23. The Balaban J connectivity index is 1.70. The number of aryl methyl sites for hydroxylation is 1. The normalized spacial score (nSPS) is 19.5. The molecule has 0 bridgehead atoms. The first-order chi connectivity index (χ1) is 12.6. The number of benzene rings is 1. The molecule has 5 heteroatoms. The van der Waals surface area contributed by atoms with Gasteiger partial charge in [0.25, 0.3) is 5.91 Å². The highest BCUT2D eigenvalue weighted by atomic mass is 16.5. The van der Waals surface area contributed by atoms with E-state index in [-0.39, 0.29) is 11.5 Å². The number of aromatic nitrogens is 1. The van der Waals surface area contributed by atoms with Crippen LogP contribution in [0.1, 0.15) is 34.5 Å². The Morgan fingerprint density at radius 1 is 1.15 bits per heavy atom. The van der Waals surface area contributed by atoms with E-state index >= 15 is 0 Å². The summed E-state index contributed by atoms with van der Waals surface area (Å²) in [5, 5.41) is 0. The van der Waals surface area contributed by atoms with E-state index < -0.39 is 0 Å². The van der Waals surface area contributed by atoms with Crippen molar-refractivity contribution in [2.24, 2.45) is 0 Å². The fourth-order valence-electron chi connectivity index (χ4n) is 3.92. The second kappa shape index (κ2) is 6.72. The molecule has 1 saturated heterocycles. The molecule has 0 radical (unpaired) electrons. The van der Waals surface area contributed by atoms with Gasteiger partial charge in [-0.15, -0.1) is 0 Å². The third-order valence-electron chi connectivity index (χ3n) is 5.56. The lowest BCUT2D eigenvalue weighted by molar-refractivity contribution is -0.0103. The zero-order valence-corrected chi connectivity index (χ0v) is 15.4. The Hall–Kier alpha value is -2.40. The Bertz CT molecular complexity index is 812. The number of nitrogens with zero attached hydrogens (tertiary/aromatic N) is 3. The van der Waals surface area contributed by atoms with Gasteiger partial charge in [0, 0.05) is 49.9 Å². The number of amides is 1. The van der Waals surface area contributed by atoms with Gasteiger partial charge in [-0.3, -0.25) is 9.78 Å². The van der Waals surface area contributed by atoms with E-state index in [1.165, 1.54) is 0 Å². The standard InChI is InChI=1S/C21H25N3O2/c1-16-18(7-5-11-22-16)20(25)24-14-17-6-3-4-8-19(17)26-21(15-24)9-12-23(2)13-10-21/h3-8,11H,9-10,12-15H2,1-2H3. The summed E-state index contributed by atoms with van der Waals surface area (Å²) in [4.78, 5) is 21.9. The van der Waals surface area contributed by atoms with Crippen molar-refractivity contribution in [3.8, 4) is 5.75 Å². The van der Waals surface area contributed by atoms with Crippen molar-refractivity contribution in [3.05, 3.63) is 59.4 Å². The Morgan fingerprint density at radius 3 is 2.69 bits per heavy atom. The van der Waals surface area contributed by atoms with E-state index in [1.807, 2.05) is 42.2 Å². The summed E-state index contributed by atoms with van der Waals surface area (Å²) in [5.74, 6) is 0.949. The third-order valence-corrected chi connectivity index (χ3v) is 5.56. The molecule has 0 atom stereocenters. The first-order valence-electron chi connectivity index (χ1n) is 9.23. The minimum Gasteiger partial charge on any atom is -0.485 e. The zero-order valence-electron chi connectivity index (χ0n) is 15.4. The van der Waals surface area contributed by atoms with Gasteiger partial charge in [0.05, 0.1) is 12.1 Å². The summed E-state index contributed by atoms with van der Waals surface area (Å²) in [7, 11) is 2.14. The van der Waals surface area contributed by atoms with Gasteiger partial charge in [-0.1, -0.05) is 18.2 Å². The van der Waals surface area contributed by atoms with Crippen LogP contribution in [0.15, 0.2) is 42.6 Å². The van der Waals surface area contributed by atoms with E-state index in [0.717, 1.165) is 42.9 Å². The van der Waals surface area contributed by atoms with Crippen LogP contribution in [0.25, 0.3) is 0 Å². The monoisotopic (exact) mass is 351 g/mol. The molecule has 1 amide bonds. The molecule has 3 heterocycles. The predicted octanol–water partition coefficient (Wildman–Crippen LogP) is 2.89. The zero-order chi connectivity index (χ0) is 18.1. The average molecular weight is 351 g/mol. The largest absolute Gasteiger partial charge is 0.485 e. The molecular formula is C21H25N3O2. The molecule has 2 aromatic rings. The van der Waals surface area contributed by atoms with Crippen LogP contribution >= 0.6 is 0 Å².